The minimum atomic E-state index is -3.12. The van der Waals surface area contributed by atoms with E-state index in [1.54, 1.807) is 0 Å². The van der Waals surface area contributed by atoms with Crippen molar-refractivity contribution in [2.24, 2.45) is 0 Å². The minimum Gasteiger partial charge on any atom is -0.496 e. The number of hydrogen-bond acceptors (Lipinski definition) is 3. The van der Waals surface area contributed by atoms with Gasteiger partial charge in [-0.25, -0.2) is 18.6 Å². The molecule has 0 aliphatic rings. The van der Waals surface area contributed by atoms with Crippen molar-refractivity contribution in [2.75, 3.05) is 7.11 Å². The van der Waals surface area contributed by atoms with E-state index in [1.807, 2.05) is 0 Å². The lowest BCUT2D eigenvalue weighted by molar-refractivity contribution is 0.0686. The van der Waals surface area contributed by atoms with Crippen molar-refractivity contribution in [3.63, 3.8) is 0 Å². The van der Waals surface area contributed by atoms with Crippen LogP contribution in [-0.2, 0) is 0 Å². The van der Waals surface area contributed by atoms with Crippen LogP contribution in [0.25, 0.3) is 0 Å². The topological polar surface area (TPSA) is 59.4 Å². The van der Waals surface area contributed by atoms with Crippen molar-refractivity contribution in [1.82, 2.24) is 4.98 Å². The number of pyridine rings is 1. The molecule has 0 atom stereocenters. The quantitative estimate of drug-likeness (QED) is 0.791. The van der Waals surface area contributed by atoms with Crippen LogP contribution in [-0.4, -0.2) is 23.2 Å². The third-order valence-electron chi connectivity index (χ3n) is 1.63. The number of carbonyl (C=O) groups is 1. The first-order valence-electron chi connectivity index (χ1n) is 3.73. The van der Waals surface area contributed by atoms with Crippen LogP contribution in [0.4, 0.5) is 13.2 Å². The van der Waals surface area contributed by atoms with E-state index in [2.05, 4.69) is 9.72 Å². The molecule has 0 aliphatic carbocycles. The standard InChI is InChI=1S/C8H6F3NO3/c1-15-4-2-3(8(13)14)12-7(11)5(4)6(9)10/h2,6H,1H3,(H,13,14). The van der Waals surface area contributed by atoms with E-state index in [4.69, 9.17) is 5.11 Å². The molecule has 0 amide bonds. The summed E-state index contributed by atoms with van der Waals surface area (Å²) in [6, 6.07) is 0.743. The van der Waals surface area contributed by atoms with Gasteiger partial charge in [0.1, 0.15) is 11.3 Å². The second-order valence-corrected chi connectivity index (χ2v) is 2.52. The predicted molar refractivity (Wildman–Crippen MR) is 42.7 cm³/mol. The summed E-state index contributed by atoms with van der Waals surface area (Å²) in [5, 5.41) is 8.49. The van der Waals surface area contributed by atoms with Crippen molar-refractivity contribution in [2.45, 2.75) is 6.43 Å². The first kappa shape index (κ1) is 11.3. The van der Waals surface area contributed by atoms with Gasteiger partial charge in [-0.05, 0) is 0 Å². The Morgan fingerprint density at radius 1 is 1.60 bits per heavy atom. The average molecular weight is 221 g/mol. The Morgan fingerprint density at radius 3 is 2.60 bits per heavy atom. The number of ether oxygens (including phenoxy) is 1. The predicted octanol–water partition coefficient (Wildman–Crippen LogP) is 1.87. The van der Waals surface area contributed by atoms with Crippen LogP contribution < -0.4 is 4.74 Å². The summed E-state index contributed by atoms with van der Waals surface area (Å²) < 4.78 is 42.0. The molecule has 0 saturated heterocycles. The molecule has 1 N–H and O–H groups in total. The molecule has 1 rings (SSSR count). The van der Waals surface area contributed by atoms with Crippen LogP contribution in [0.15, 0.2) is 6.07 Å². The fourth-order valence-electron chi connectivity index (χ4n) is 0.978. The molecule has 0 fully saturated rings. The largest absolute Gasteiger partial charge is 0.496 e. The Balaban J connectivity index is 3.37. The molecular formula is C8H6F3NO3. The molecule has 1 aromatic heterocycles. The molecular weight excluding hydrogens is 215 g/mol. The second-order valence-electron chi connectivity index (χ2n) is 2.52. The van der Waals surface area contributed by atoms with Gasteiger partial charge in [-0.2, -0.15) is 4.39 Å². The van der Waals surface area contributed by atoms with Gasteiger partial charge in [-0.3, -0.25) is 0 Å². The van der Waals surface area contributed by atoms with Gasteiger partial charge >= 0.3 is 5.97 Å². The number of nitrogens with zero attached hydrogens (tertiary/aromatic N) is 1. The summed E-state index contributed by atoms with van der Waals surface area (Å²) in [7, 11) is 1.03. The Hall–Kier alpha value is -1.79. The first-order valence-corrected chi connectivity index (χ1v) is 3.73. The zero-order valence-electron chi connectivity index (χ0n) is 7.50. The molecule has 0 radical (unpaired) electrons. The summed E-state index contributed by atoms with van der Waals surface area (Å²) >= 11 is 0. The molecule has 15 heavy (non-hydrogen) atoms. The number of halogens is 3. The first-order chi connectivity index (χ1) is 6.97. The molecule has 0 aliphatic heterocycles. The van der Waals surface area contributed by atoms with Gasteiger partial charge in [-0.1, -0.05) is 0 Å². The number of rotatable bonds is 3. The van der Waals surface area contributed by atoms with E-state index < -0.39 is 35.3 Å². The lowest BCUT2D eigenvalue weighted by Gasteiger charge is -2.08. The normalized spacial score (nSPS) is 10.5. The van der Waals surface area contributed by atoms with Crippen molar-refractivity contribution < 1.29 is 27.8 Å². The average Bonchev–Trinajstić information content (AvgIpc) is 2.15. The summed E-state index contributed by atoms with van der Waals surface area (Å²) in [6.07, 6.45) is -3.12. The van der Waals surface area contributed by atoms with E-state index in [-0.39, 0.29) is 0 Å². The number of aromatic nitrogens is 1. The van der Waals surface area contributed by atoms with Gasteiger partial charge in [0.25, 0.3) is 6.43 Å². The highest BCUT2D eigenvalue weighted by atomic mass is 19.3. The van der Waals surface area contributed by atoms with Gasteiger partial charge in [0.2, 0.25) is 5.95 Å². The minimum absolute atomic E-state index is 0.532. The SMILES string of the molecule is COc1cc(C(=O)O)nc(F)c1C(F)F. The van der Waals surface area contributed by atoms with Gasteiger partial charge in [0, 0.05) is 6.07 Å². The number of aromatic carboxylic acids is 1. The third-order valence-corrected chi connectivity index (χ3v) is 1.63. The molecule has 4 nitrogen and oxygen atoms in total. The maximum atomic E-state index is 13.0. The highest BCUT2D eigenvalue weighted by Crippen LogP contribution is 2.30. The van der Waals surface area contributed by atoms with Crippen molar-refractivity contribution in [3.05, 3.63) is 23.3 Å². The molecule has 0 spiro atoms. The summed E-state index contributed by atoms with van der Waals surface area (Å²) in [5.41, 5.74) is -1.73. The van der Waals surface area contributed by atoms with E-state index in [0.29, 0.717) is 0 Å². The van der Waals surface area contributed by atoms with E-state index in [1.165, 1.54) is 0 Å². The van der Waals surface area contributed by atoms with E-state index >= 15 is 0 Å². The number of methoxy groups -OCH3 is 1. The third kappa shape index (κ3) is 2.17. The van der Waals surface area contributed by atoms with Crippen LogP contribution in [0.3, 0.4) is 0 Å². The molecule has 1 aromatic rings. The fourth-order valence-corrected chi connectivity index (χ4v) is 0.978. The Morgan fingerprint density at radius 2 is 2.20 bits per heavy atom. The van der Waals surface area contributed by atoms with Gasteiger partial charge in [0.05, 0.1) is 7.11 Å². The highest BCUT2D eigenvalue weighted by Gasteiger charge is 2.23. The summed E-state index contributed by atoms with van der Waals surface area (Å²) in [4.78, 5) is 13.3. The molecule has 0 saturated carbocycles. The Kier molecular flexibility index (Phi) is 3.13. The van der Waals surface area contributed by atoms with Gasteiger partial charge < -0.3 is 9.84 Å². The van der Waals surface area contributed by atoms with E-state index in [0.717, 1.165) is 13.2 Å². The van der Waals surface area contributed by atoms with Crippen molar-refractivity contribution in [3.8, 4) is 5.75 Å². The molecule has 0 bridgehead atoms. The van der Waals surface area contributed by atoms with Gasteiger partial charge in [-0.15, -0.1) is 0 Å². The summed E-state index contributed by atoms with van der Waals surface area (Å²) in [5.74, 6) is -3.59. The maximum Gasteiger partial charge on any atom is 0.354 e. The molecule has 0 aromatic carbocycles. The number of carboxylic acids is 1. The van der Waals surface area contributed by atoms with Crippen LogP contribution in [0.2, 0.25) is 0 Å². The Bertz CT molecular complexity index is 395. The van der Waals surface area contributed by atoms with Crippen molar-refractivity contribution >= 4 is 5.97 Å². The lowest BCUT2D eigenvalue weighted by atomic mass is 10.2. The van der Waals surface area contributed by atoms with Crippen molar-refractivity contribution in [1.29, 1.82) is 0 Å². The Labute approximate surface area is 82.3 Å². The molecule has 82 valence electrons. The zero-order chi connectivity index (χ0) is 11.6. The molecule has 7 heteroatoms. The zero-order valence-corrected chi connectivity index (χ0v) is 7.50. The van der Waals surface area contributed by atoms with Crippen LogP contribution >= 0.6 is 0 Å². The maximum absolute atomic E-state index is 13.0. The number of alkyl halides is 2. The second kappa shape index (κ2) is 4.16. The monoisotopic (exact) mass is 221 g/mol. The van der Waals surface area contributed by atoms with Gasteiger partial charge in [0.15, 0.2) is 5.69 Å². The number of carboxylic acid groups (broad SMARTS) is 1. The molecule has 1 heterocycles. The highest BCUT2D eigenvalue weighted by molar-refractivity contribution is 5.85. The van der Waals surface area contributed by atoms with Crippen LogP contribution in [0.5, 0.6) is 5.75 Å². The smallest absolute Gasteiger partial charge is 0.354 e. The fraction of sp³-hybridized carbons (Fsp3) is 0.250. The van der Waals surface area contributed by atoms with Crippen LogP contribution in [0.1, 0.15) is 22.5 Å². The summed E-state index contributed by atoms with van der Waals surface area (Å²) in [6.45, 7) is 0. The lowest BCUT2D eigenvalue weighted by Crippen LogP contribution is -2.07. The van der Waals surface area contributed by atoms with Crippen LogP contribution in [0, 0.1) is 5.95 Å². The van der Waals surface area contributed by atoms with E-state index in [9.17, 15) is 18.0 Å². The molecule has 0 unspecified atom stereocenters. The number of hydrogen-bond donors (Lipinski definition) is 1.